The lowest BCUT2D eigenvalue weighted by Crippen LogP contribution is -2.48. The second-order valence-electron chi connectivity index (χ2n) is 5.24. The van der Waals surface area contributed by atoms with Crippen LogP contribution in [-0.4, -0.2) is 48.4 Å². The molecule has 1 amide bonds. The SMILES string of the molecule is CCCC(=O)N1CCN(CC=Cc2ccccc2)CC1.Cl. The highest BCUT2D eigenvalue weighted by Crippen LogP contribution is 2.06. The average Bonchev–Trinajstić information content (AvgIpc) is 2.49. The van der Waals surface area contributed by atoms with Crippen molar-refractivity contribution in [2.24, 2.45) is 0 Å². The summed E-state index contributed by atoms with van der Waals surface area (Å²) in [6, 6.07) is 10.4. The van der Waals surface area contributed by atoms with E-state index in [1.807, 2.05) is 11.0 Å². The first-order valence-electron chi connectivity index (χ1n) is 7.51. The summed E-state index contributed by atoms with van der Waals surface area (Å²) in [6.45, 7) is 6.73. The molecule has 1 aliphatic heterocycles. The van der Waals surface area contributed by atoms with Crippen molar-refractivity contribution in [2.75, 3.05) is 32.7 Å². The Bertz CT molecular complexity index is 439. The van der Waals surface area contributed by atoms with Crippen LogP contribution in [0.2, 0.25) is 0 Å². The molecular weight excluding hydrogens is 284 g/mol. The Morgan fingerprint density at radius 2 is 1.81 bits per heavy atom. The van der Waals surface area contributed by atoms with E-state index in [1.165, 1.54) is 5.56 Å². The molecule has 0 bridgehead atoms. The van der Waals surface area contributed by atoms with Gasteiger partial charge in [-0.3, -0.25) is 9.69 Å². The predicted octanol–water partition coefficient (Wildman–Crippen LogP) is 3.07. The number of piperazine rings is 1. The first kappa shape index (κ1) is 17.7. The molecule has 0 N–H and O–H groups in total. The minimum atomic E-state index is 0. The quantitative estimate of drug-likeness (QED) is 0.834. The lowest BCUT2D eigenvalue weighted by molar-refractivity contribution is -0.132. The van der Waals surface area contributed by atoms with Crippen LogP contribution >= 0.6 is 12.4 Å². The van der Waals surface area contributed by atoms with Crippen LogP contribution in [0, 0.1) is 0 Å². The molecule has 4 heteroatoms. The number of amides is 1. The van der Waals surface area contributed by atoms with Crippen LogP contribution in [0.1, 0.15) is 25.3 Å². The van der Waals surface area contributed by atoms with Gasteiger partial charge in [-0.15, -0.1) is 12.4 Å². The third-order valence-corrected chi connectivity index (χ3v) is 3.66. The van der Waals surface area contributed by atoms with Gasteiger partial charge < -0.3 is 4.90 Å². The fraction of sp³-hybridized carbons (Fsp3) is 0.471. The van der Waals surface area contributed by atoms with Crippen molar-refractivity contribution in [1.29, 1.82) is 0 Å². The van der Waals surface area contributed by atoms with Crippen LogP contribution in [0.3, 0.4) is 0 Å². The summed E-state index contributed by atoms with van der Waals surface area (Å²) in [5.41, 5.74) is 1.24. The van der Waals surface area contributed by atoms with Gasteiger partial charge in [-0.25, -0.2) is 0 Å². The number of carbonyl (C=O) groups is 1. The van der Waals surface area contributed by atoms with Crippen LogP contribution in [0.25, 0.3) is 6.08 Å². The van der Waals surface area contributed by atoms with Crippen LogP contribution in [0.4, 0.5) is 0 Å². The molecule has 0 unspecified atom stereocenters. The van der Waals surface area contributed by atoms with Gasteiger partial charge in [0.15, 0.2) is 0 Å². The van der Waals surface area contributed by atoms with Crippen molar-refractivity contribution < 1.29 is 4.79 Å². The van der Waals surface area contributed by atoms with Gasteiger partial charge in [0.05, 0.1) is 0 Å². The largest absolute Gasteiger partial charge is 0.340 e. The molecule has 1 aliphatic rings. The molecule has 0 aliphatic carbocycles. The van der Waals surface area contributed by atoms with Crippen molar-refractivity contribution in [1.82, 2.24) is 9.80 Å². The minimum Gasteiger partial charge on any atom is -0.340 e. The summed E-state index contributed by atoms with van der Waals surface area (Å²) < 4.78 is 0. The number of benzene rings is 1. The molecule has 0 aromatic heterocycles. The van der Waals surface area contributed by atoms with E-state index >= 15 is 0 Å². The van der Waals surface area contributed by atoms with Gasteiger partial charge in [-0.05, 0) is 12.0 Å². The van der Waals surface area contributed by atoms with Crippen LogP contribution in [0.5, 0.6) is 0 Å². The van der Waals surface area contributed by atoms with Crippen LogP contribution in [-0.2, 0) is 4.79 Å². The van der Waals surface area contributed by atoms with E-state index in [-0.39, 0.29) is 12.4 Å². The number of halogens is 1. The van der Waals surface area contributed by atoms with E-state index in [1.54, 1.807) is 0 Å². The Labute approximate surface area is 134 Å². The Morgan fingerprint density at radius 3 is 2.43 bits per heavy atom. The fourth-order valence-electron chi connectivity index (χ4n) is 2.45. The van der Waals surface area contributed by atoms with E-state index in [0.29, 0.717) is 12.3 Å². The van der Waals surface area contributed by atoms with E-state index in [0.717, 1.165) is 39.1 Å². The number of hydrogen-bond donors (Lipinski definition) is 0. The summed E-state index contributed by atoms with van der Waals surface area (Å²) >= 11 is 0. The summed E-state index contributed by atoms with van der Waals surface area (Å²) in [5.74, 6) is 0.312. The van der Waals surface area contributed by atoms with Crippen molar-refractivity contribution in [3.63, 3.8) is 0 Å². The molecule has 2 rings (SSSR count). The minimum absolute atomic E-state index is 0. The number of nitrogens with zero attached hydrogens (tertiary/aromatic N) is 2. The Morgan fingerprint density at radius 1 is 1.14 bits per heavy atom. The van der Waals surface area contributed by atoms with Gasteiger partial charge in [-0.2, -0.15) is 0 Å². The third kappa shape index (κ3) is 5.90. The molecule has 0 atom stereocenters. The number of carbonyl (C=O) groups excluding carboxylic acids is 1. The zero-order valence-electron chi connectivity index (χ0n) is 12.7. The van der Waals surface area contributed by atoms with Gasteiger partial charge >= 0.3 is 0 Å². The van der Waals surface area contributed by atoms with E-state index in [4.69, 9.17) is 0 Å². The molecule has 1 aromatic rings. The highest BCUT2D eigenvalue weighted by atomic mass is 35.5. The van der Waals surface area contributed by atoms with Crippen molar-refractivity contribution in [2.45, 2.75) is 19.8 Å². The number of hydrogen-bond acceptors (Lipinski definition) is 2. The van der Waals surface area contributed by atoms with Gasteiger partial charge in [0.2, 0.25) is 5.91 Å². The lowest BCUT2D eigenvalue weighted by Gasteiger charge is -2.34. The highest BCUT2D eigenvalue weighted by molar-refractivity contribution is 5.85. The summed E-state index contributed by atoms with van der Waals surface area (Å²) in [7, 11) is 0. The Hall–Kier alpha value is -1.32. The monoisotopic (exact) mass is 308 g/mol. The summed E-state index contributed by atoms with van der Waals surface area (Å²) in [5, 5.41) is 0. The van der Waals surface area contributed by atoms with Crippen molar-refractivity contribution in [3.05, 3.63) is 42.0 Å². The zero-order chi connectivity index (χ0) is 14.2. The van der Waals surface area contributed by atoms with E-state index in [2.05, 4.69) is 48.2 Å². The topological polar surface area (TPSA) is 23.6 Å². The van der Waals surface area contributed by atoms with Gasteiger partial charge in [0.25, 0.3) is 0 Å². The average molecular weight is 309 g/mol. The third-order valence-electron chi connectivity index (χ3n) is 3.66. The predicted molar refractivity (Wildman–Crippen MR) is 90.7 cm³/mol. The molecule has 1 aromatic carbocycles. The molecule has 1 fully saturated rings. The highest BCUT2D eigenvalue weighted by Gasteiger charge is 2.19. The Kier molecular flexibility index (Phi) is 8.09. The second-order valence-corrected chi connectivity index (χ2v) is 5.24. The first-order chi connectivity index (χ1) is 9.79. The molecular formula is C17H25ClN2O. The smallest absolute Gasteiger partial charge is 0.222 e. The van der Waals surface area contributed by atoms with Crippen LogP contribution in [0.15, 0.2) is 36.4 Å². The normalized spacial score (nSPS) is 16.0. The maximum atomic E-state index is 11.8. The summed E-state index contributed by atoms with van der Waals surface area (Å²) in [6.07, 6.45) is 6.00. The fourth-order valence-corrected chi connectivity index (χ4v) is 2.45. The molecule has 1 saturated heterocycles. The second kappa shape index (κ2) is 9.59. The van der Waals surface area contributed by atoms with Gasteiger partial charge in [-0.1, -0.05) is 49.4 Å². The van der Waals surface area contributed by atoms with Gasteiger partial charge in [0, 0.05) is 39.1 Å². The molecule has 0 spiro atoms. The molecule has 3 nitrogen and oxygen atoms in total. The standard InChI is InChI=1S/C17H24N2O.ClH/c1-2-7-17(20)19-14-12-18(13-15-19)11-6-10-16-8-4-3-5-9-16;/h3-6,8-10H,2,7,11-15H2,1H3;1H. The molecule has 21 heavy (non-hydrogen) atoms. The molecule has 0 radical (unpaired) electrons. The van der Waals surface area contributed by atoms with Crippen LogP contribution < -0.4 is 0 Å². The maximum Gasteiger partial charge on any atom is 0.222 e. The molecule has 0 saturated carbocycles. The molecule has 116 valence electrons. The lowest BCUT2D eigenvalue weighted by atomic mass is 10.2. The zero-order valence-corrected chi connectivity index (χ0v) is 13.5. The molecule has 1 heterocycles. The van der Waals surface area contributed by atoms with Gasteiger partial charge in [0.1, 0.15) is 0 Å². The Balaban J connectivity index is 0.00000220. The first-order valence-corrected chi connectivity index (χ1v) is 7.51. The number of rotatable bonds is 5. The summed E-state index contributed by atoms with van der Waals surface area (Å²) in [4.78, 5) is 16.2. The van der Waals surface area contributed by atoms with Crippen molar-refractivity contribution >= 4 is 24.4 Å². The van der Waals surface area contributed by atoms with E-state index < -0.39 is 0 Å². The van der Waals surface area contributed by atoms with Crippen molar-refractivity contribution in [3.8, 4) is 0 Å². The van der Waals surface area contributed by atoms with E-state index in [9.17, 15) is 4.79 Å². The maximum absolute atomic E-state index is 11.8.